The molecule has 0 unspecified atom stereocenters. The molecule has 2 rings (SSSR count). The van der Waals surface area contributed by atoms with Gasteiger partial charge in [-0.3, -0.25) is 9.59 Å². The van der Waals surface area contributed by atoms with Crippen molar-refractivity contribution >= 4 is 23.3 Å². The molecule has 2 amide bonds. The minimum atomic E-state index is -0.260. The summed E-state index contributed by atoms with van der Waals surface area (Å²) >= 11 is 1.14. The van der Waals surface area contributed by atoms with Crippen LogP contribution in [0.2, 0.25) is 0 Å². The predicted molar refractivity (Wildman–Crippen MR) is 71.8 cm³/mol. The molecule has 2 heterocycles. The molecule has 1 fully saturated rings. The van der Waals surface area contributed by atoms with Crippen molar-refractivity contribution in [1.29, 1.82) is 0 Å². The van der Waals surface area contributed by atoms with Gasteiger partial charge in [0.2, 0.25) is 5.91 Å². The highest BCUT2D eigenvalue weighted by atomic mass is 32.1. The van der Waals surface area contributed by atoms with Crippen molar-refractivity contribution in [3.8, 4) is 0 Å². The zero-order chi connectivity index (χ0) is 14.0. The number of nitrogens with one attached hydrogen (secondary N) is 1. The van der Waals surface area contributed by atoms with Crippen LogP contribution in [0.1, 0.15) is 37.7 Å². The van der Waals surface area contributed by atoms with E-state index in [1.54, 1.807) is 5.38 Å². The monoisotopic (exact) mass is 282 g/mol. The van der Waals surface area contributed by atoms with Gasteiger partial charge in [-0.2, -0.15) is 0 Å². The number of hydrogen-bond acceptors (Lipinski definition) is 5. The molecule has 7 heteroatoms. The van der Waals surface area contributed by atoms with Crippen LogP contribution in [0.3, 0.4) is 0 Å². The summed E-state index contributed by atoms with van der Waals surface area (Å²) in [4.78, 5) is 25.5. The Bertz CT molecular complexity index is 467. The van der Waals surface area contributed by atoms with Gasteiger partial charge in [0.05, 0.1) is 6.04 Å². The summed E-state index contributed by atoms with van der Waals surface area (Å²) < 4.78 is 3.65. The number of nitrogens with zero attached hydrogens (tertiary/aromatic N) is 3. The second-order valence-electron chi connectivity index (χ2n) is 6.00. The molecule has 1 saturated heterocycles. The first-order valence-corrected chi connectivity index (χ1v) is 7.04. The lowest BCUT2D eigenvalue weighted by atomic mass is 9.96. The molecule has 1 aliphatic rings. The fourth-order valence-corrected chi connectivity index (χ4v) is 2.55. The Morgan fingerprint density at radius 3 is 2.89 bits per heavy atom. The molecular weight excluding hydrogens is 264 g/mol. The van der Waals surface area contributed by atoms with E-state index in [0.29, 0.717) is 25.2 Å². The van der Waals surface area contributed by atoms with Gasteiger partial charge in [0.1, 0.15) is 0 Å². The summed E-state index contributed by atoms with van der Waals surface area (Å²) in [5, 5.41) is 8.14. The number of carbonyl (C=O) groups excluding carboxylic acids is 2. The third-order valence-corrected chi connectivity index (χ3v) is 3.31. The van der Waals surface area contributed by atoms with Crippen molar-refractivity contribution in [3.63, 3.8) is 0 Å². The molecule has 0 saturated carbocycles. The lowest BCUT2D eigenvalue weighted by Gasteiger charge is -2.26. The van der Waals surface area contributed by atoms with Crippen LogP contribution in [-0.2, 0) is 4.79 Å². The third-order valence-electron chi connectivity index (χ3n) is 2.81. The van der Waals surface area contributed by atoms with Crippen molar-refractivity contribution in [2.75, 3.05) is 13.1 Å². The second kappa shape index (κ2) is 5.24. The van der Waals surface area contributed by atoms with E-state index in [-0.39, 0.29) is 23.3 Å². The Balaban J connectivity index is 1.91. The third kappa shape index (κ3) is 3.73. The molecule has 1 atom stereocenters. The van der Waals surface area contributed by atoms with E-state index in [4.69, 9.17) is 0 Å². The summed E-state index contributed by atoms with van der Waals surface area (Å²) in [6.45, 7) is 7.54. The first-order chi connectivity index (χ1) is 8.85. The molecule has 0 aliphatic carbocycles. The van der Waals surface area contributed by atoms with Crippen LogP contribution < -0.4 is 5.32 Å². The molecule has 0 aromatic carbocycles. The number of amides is 2. The minimum Gasteiger partial charge on any atom is -0.346 e. The Morgan fingerprint density at radius 2 is 2.32 bits per heavy atom. The van der Waals surface area contributed by atoms with E-state index < -0.39 is 0 Å². The quantitative estimate of drug-likeness (QED) is 0.894. The molecule has 1 N–H and O–H groups in total. The van der Waals surface area contributed by atoms with E-state index in [1.807, 2.05) is 4.90 Å². The van der Waals surface area contributed by atoms with E-state index in [0.717, 1.165) is 11.5 Å². The highest BCUT2D eigenvalue weighted by Gasteiger charge is 2.33. The average molecular weight is 282 g/mol. The van der Waals surface area contributed by atoms with Crippen LogP contribution in [0.4, 0.5) is 0 Å². The summed E-state index contributed by atoms with van der Waals surface area (Å²) in [6, 6.07) is -0.135. The first kappa shape index (κ1) is 13.9. The minimum absolute atomic E-state index is 0.0629. The Kier molecular flexibility index (Phi) is 3.84. The SMILES string of the molecule is CC(C)(C)CN1C[C@H](NC(=O)c2csnn2)CC1=O. The van der Waals surface area contributed by atoms with Crippen molar-refractivity contribution in [3.05, 3.63) is 11.1 Å². The Labute approximate surface area is 116 Å². The normalized spacial score (nSPS) is 19.8. The van der Waals surface area contributed by atoms with Crippen molar-refractivity contribution in [2.45, 2.75) is 33.2 Å². The fourth-order valence-electron chi connectivity index (χ4n) is 2.12. The summed E-state index contributed by atoms with van der Waals surface area (Å²) in [5.41, 5.74) is 0.375. The molecular formula is C12H18N4O2S. The van der Waals surface area contributed by atoms with Crippen LogP contribution >= 0.6 is 11.5 Å². The molecule has 0 bridgehead atoms. The van der Waals surface area contributed by atoms with Crippen LogP contribution in [0.25, 0.3) is 0 Å². The molecule has 1 aliphatic heterocycles. The Morgan fingerprint density at radius 1 is 1.58 bits per heavy atom. The van der Waals surface area contributed by atoms with E-state index >= 15 is 0 Å². The predicted octanol–water partition coefficient (Wildman–Crippen LogP) is 0.915. The zero-order valence-corrected chi connectivity index (χ0v) is 12.2. The molecule has 19 heavy (non-hydrogen) atoms. The Hall–Kier alpha value is -1.50. The molecule has 6 nitrogen and oxygen atoms in total. The molecule has 104 valence electrons. The van der Waals surface area contributed by atoms with Gasteiger partial charge >= 0.3 is 0 Å². The highest BCUT2D eigenvalue weighted by Crippen LogP contribution is 2.20. The first-order valence-electron chi connectivity index (χ1n) is 6.21. The van der Waals surface area contributed by atoms with Gasteiger partial charge in [0.15, 0.2) is 5.69 Å². The fraction of sp³-hybridized carbons (Fsp3) is 0.667. The van der Waals surface area contributed by atoms with Crippen LogP contribution in [-0.4, -0.2) is 45.4 Å². The lowest BCUT2D eigenvalue weighted by Crippen LogP contribution is -2.39. The number of likely N-dealkylation sites (tertiary alicyclic amines) is 1. The van der Waals surface area contributed by atoms with Gasteiger partial charge in [0.25, 0.3) is 5.91 Å². The largest absolute Gasteiger partial charge is 0.346 e. The maximum Gasteiger partial charge on any atom is 0.273 e. The molecule has 1 aromatic heterocycles. The van der Waals surface area contributed by atoms with E-state index in [1.165, 1.54) is 0 Å². The van der Waals surface area contributed by atoms with Gasteiger partial charge < -0.3 is 10.2 Å². The topological polar surface area (TPSA) is 75.2 Å². The summed E-state index contributed by atoms with van der Waals surface area (Å²) in [7, 11) is 0. The zero-order valence-electron chi connectivity index (χ0n) is 11.3. The van der Waals surface area contributed by atoms with E-state index in [2.05, 4.69) is 35.7 Å². The van der Waals surface area contributed by atoms with Crippen LogP contribution in [0.5, 0.6) is 0 Å². The van der Waals surface area contributed by atoms with Crippen molar-refractivity contribution in [2.24, 2.45) is 5.41 Å². The second-order valence-corrected chi connectivity index (χ2v) is 6.61. The standard InChI is InChI=1S/C12H18N4O2S/c1-12(2,3)7-16-5-8(4-10(16)17)13-11(18)9-6-19-15-14-9/h6,8H,4-5,7H2,1-3H3,(H,13,18)/t8-/m1/s1. The maximum atomic E-state index is 11.9. The van der Waals surface area contributed by atoms with Crippen molar-refractivity contribution in [1.82, 2.24) is 19.8 Å². The number of hydrogen-bond donors (Lipinski definition) is 1. The van der Waals surface area contributed by atoms with Crippen LogP contribution in [0, 0.1) is 5.41 Å². The maximum absolute atomic E-state index is 11.9. The average Bonchev–Trinajstić information content (AvgIpc) is 2.87. The van der Waals surface area contributed by atoms with Crippen LogP contribution in [0.15, 0.2) is 5.38 Å². The van der Waals surface area contributed by atoms with E-state index in [9.17, 15) is 9.59 Å². The number of carbonyl (C=O) groups is 2. The lowest BCUT2D eigenvalue weighted by molar-refractivity contribution is -0.128. The molecule has 1 aromatic rings. The van der Waals surface area contributed by atoms with Gasteiger partial charge in [-0.1, -0.05) is 25.3 Å². The number of rotatable bonds is 3. The highest BCUT2D eigenvalue weighted by molar-refractivity contribution is 7.03. The number of aromatic nitrogens is 2. The van der Waals surface area contributed by atoms with Gasteiger partial charge in [-0.15, -0.1) is 5.10 Å². The summed E-state index contributed by atoms with van der Waals surface area (Å²) in [6.07, 6.45) is 0.361. The van der Waals surface area contributed by atoms with Gasteiger partial charge in [-0.25, -0.2) is 0 Å². The summed E-state index contributed by atoms with van der Waals surface area (Å²) in [5.74, 6) is -0.166. The molecule has 0 spiro atoms. The molecule has 0 radical (unpaired) electrons. The smallest absolute Gasteiger partial charge is 0.273 e. The van der Waals surface area contributed by atoms with Crippen molar-refractivity contribution < 1.29 is 9.59 Å². The van der Waals surface area contributed by atoms with Gasteiger partial charge in [-0.05, 0) is 16.9 Å². The van der Waals surface area contributed by atoms with Gasteiger partial charge in [0, 0.05) is 24.9 Å².